The highest BCUT2D eigenvalue weighted by Gasteiger charge is 2.18. The quantitative estimate of drug-likeness (QED) is 0.650. The summed E-state index contributed by atoms with van der Waals surface area (Å²) < 4.78 is 0. The Hall–Kier alpha value is -1.13. The van der Waals surface area contributed by atoms with Gasteiger partial charge in [0.1, 0.15) is 0 Å². The molecule has 1 N–H and O–H groups in total. The van der Waals surface area contributed by atoms with Crippen LogP contribution in [0.3, 0.4) is 0 Å². The van der Waals surface area contributed by atoms with Crippen molar-refractivity contribution in [1.82, 2.24) is 15.1 Å². The lowest BCUT2D eigenvalue weighted by atomic mass is 10.2. The van der Waals surface area contributed by atoms with Crippen LogP contribution >= 0.6 is 0 Å². The van der Waals surface area contributed by atoms with Gasteiger partial charge in [0, 0.05) is 25.7 Å². The van der Waals surface area contributed by atoms with Crippen LogP contribution in [0.15, 0.2) is 25.3 Å². The molecule has 1 rings (SSSR count). The van der Waals surface area contributed by atoms with E-state index in [-0.39, 0.29) is 5.91 Å². The summed E-state index contributed by atoms with van der Waals surface area (Å²) in [5.74, 6) is 0.135. The third kappa shape index (κ3) is 5.02. The van der Waals surface area contributed by atoms with Crippen molar-refractivity contribution in [1.29, 1.82) is 0 Å². The number of nitrogens with one attached hydrogen (secondary N) is 1. The van der Waals surface area contributed by atoms with Gasteiger partial charge in [-0.3, -0.25) is 9.69 Å². The zero-order valence-corrected chi connectivity index (χ0v) is 11.4. The molecule has 0 aromatic rings. The fourth-order valence-electron chi connectivity index (χ4n) is 2.27. The number of rotatable bonds is 8. The maximum absolute atomic E-state index is 12.1. The van der Waals surface area contributed by atoms with Crippen molar-refractivity contribution >= 4 is 5.91 Å². The summed E-state index contributed by atoms with van der Waals surface area (Å²) in [5.41, 5.74) is 0. The number of likely N-dealkylation sites (N-methyl/N-ethyl adjacent to an activating group) is 1. The largest absolute Gasteiger partial charge is 0.334 e. The first-order valence-corrected chi connectivity index (χ1v) is 6.59. The molecule has 102 valence electrons. The summed E-state index contributed by atoms with van der Waals surface area (Å²) in [6, 6.07) is 0.537. The van der Waals surface area contributed by atoms with Crippen LogP contribution < -0.4 is 5.32 Å². The lowest BCUT2D eigenvalue weighted by Crippen LogP contribution is -2.43. The van der Waals surface area contributed by atoms with Crippen LogP contribution in [0, 0.1) is 0 Å². The molecule has 0 saturated carbocycles. The molecular weight excluding hydrogens is 226 g/mol. The van der Waals surface area contributed by atoms with Crippen LogP contribution in [0.25, 0.3) is 0 Å². The molecule has 1 fully saturated rings. The van der Waals surface area contributed by atoms with Crippen molar-refractivity contribution in [2.45, 2.75) is 18.9 Å². The van der Waals surface area contributed by atoms with Crippen LogP contribution in [0.2, 0.25) is 0 Å². The summed E-state index contributed by atoms with van der Waals surface area (Å²) >= 11 is 0. The lowest BCUT2D eigenvalue weighted by molar-refractivity contribution is -0.131. The van der Waals surface area contributed by atoms with E-state index >= 15 is 0 Å². The zero-order chi connectivity index (χ0) is 13.4. The van der Waals surface area contributed by atoms with Crippen LogP contribution in [-0.4, -0.2) is 61.5 Å². The van der Waals surface area contributed by atoms with Gasteiger partial charge in [0.2, 0.25) is 5.91 Å². The molecule has 4 heteroatoms. The van der Waals surface area contributed by atoms with Crippen molar-refractivity contribution in [3.05, 3.63) is 25.3 Å². The summed E-state index contributed by atoms with van der Waals surface area (Å²) in [7, 11) is 2.00. The number of carbonyl (C=O) groups is 1. The third-order valence-corrected chi connectivity index (χ3v) is 3.15. The highest BCUT2D eigenvalue weighted by Crippen LogP contribution is 2.06. The summed E-state index contributed by atoms with van der Waals surface area (Å²) in [5, 5.41) is 3.44. The minimum Gasteiger partial charge on any atom is -0.334 e. The number of hydrogen-bond donors (Lipinski definition) is 1. The number of nitrogens with zero attached hydrogens (tertiary/aromatic N) is 2. The Bertz CT molecular complexity index is 275. The second kappa shape index (κ2) is 8.06. The SMILES string of the molecule is C=CCN(CC=C)C(=O)CN(C)CC1CCCN1. The molecular formula is C14H25N3O. The Balaban J connectivity index is 2.35. The van der Waals surface area contributed by atoms with E-state index in [0.29, 0.717) is 25.7 Å². The molecule has 1 aliphatic heterocycles. The maximum atomic E-state index is 12.1. The summed E-state index contributed by atoms with van der Waals surface area (Å²) in [6.45, 7) is 11.0. The fraction of sp³-hybridized carbons (Fsp3) is 0.643. The normalized spacial score (nSPS) is 18.9. The van der Waals surface area contributed by atoms with Crippen LogP contribution in [0.1, 0.15) is 12.8 Å². The van der Waals surface area contributed by atoms with Crippen LogP contribution in [0.4, 0.5) is 0 Å². The molecule has 1 amide bonds. The Kier molecular flexibility index (Phi) is 6.68. The Morgan fingerprint density at radius 2 is 2.06 bits per heavy atom. The predicted molar refractivity (Wildman–Crippen MR) is 75.5 cm³/mol. The third-order valence-electron chi connectivity index (χ3n) is 3.15. The van der Waals surface area contributed by atoms with Gasteiger partial charge in [-0.25, -0.2) is 0 Å². The smallest absolute Gasteiger partial charge is 0.237 e. The molecule has 1 unspecified atom stereocenters. The molecule has 1 aliphatic rings. The molecule has 0 radical (unpaired) electrons. The van der Waals surface area contributed by atoms with Crippen molar-refractivity contribution in [2.24, 2.45) is 0 Å². The average Bonchev–Trinajstić information content (AvgIpc) is 2.81. The molecule has 18 heavy (non-hydrogen) atoms. The molecule has 1 heterocycles. The van der Waals surface area contributed by atoms with E-state index in [0.717, 1.165) is 13.1 Å². The second-order valence-electron chi connectivity index (χ2n) is 4.87. The standard InChI is InChI=1S/C14H25N3O/c1-4-9-17(10-5-2)14(18)12-16(3)11-13-7-6-8-15-13/h4-5,13,15H,1-2,6-12H2,3H3. The summed E-state index contributed by atoms with van der Waals surface area (Å²) in [6.07, 6.45) is 5.95. The lowest BCUT2D eigenvalue weighted by Gasteiger charge is -2.25. The molecule has 0 aliphatic carbocycles. The van der Waals surface area contributed by atoms with Gasteiger partial charge >= 0.3 is 0 Å². The van der Waals surface area contributed by atoms with Crippen LogP contribution in [0.5, 0.6) is 0 Å². The van der Waals surface area contributed by atoms with Crippen LogP contribution in [-0.2, 0) is 4.79 Å². The van der Waals surface area contributed by atoms with Gasteiger partial charge in [0.15, 0.2) is 0 Å². The van der Waals surface area contributed by atoms with Gasteiger partial charge < -0.3 is 10.2 Å². The van der Waals surface area contributed by atoms with Crippen molar-refractivity contribution in [2.75, 3.05) is 39.8 Å². The van der Waals surface area contributed by atoms with Gasteiger partial charge in [-0.15, -0.1) is 13.2 Å². The monoisotopic (exact) mass is 251 g/mol. The number of hydrogen-bond acceptors (Lipinski definition) is 3. The van der Waals surface area contributed by atoms with Crippen molar-refractivity contribution in [3.63, 3.8) is 0 Å². The molecule has 1 atom stereocenters. The number of amides is 1. The maximum Gasteiger partial charge on any atom is 0.237 e. The minimum atomic E-state index is 0.135. The first-order valence-electron chi connectivity index (χ1n) is 6.59. The zero-order valence-electron chi connectivity index (χ0n) is 11.4. The second-order valence-corrected chi connectivity index (χ2v) is 4.87. The van der Waals surface area contributed by atoms with E-state index in [1.807, 2.05) is 7.05 Å². The molecule has 4 nitrogen and oxygen atoms in total. The van der Waals surface area contributed by atoms with E-state index in [2.05, 4.69) is 23.4 Å². The van der Waals surface area contributed by atoms with E-state index in [1.165, 1.54) is 12.8 Å². The van der Waals surface area contributed by atoms with Gasteiger partial charge in [0.25, 0.3) is 0 Å². The Morgan fingerprint density at radius 1 is 1.39 bits per heavy atom. The number of carbonyl (C=O) groups excluding carboxylic acids is 1. The minimum absolute atomic E-state index is 0.135. The van der Waals surface area contributed by atoms with Gasteiger partial charge in [-0.1, -0.05) is 12.2 Å². The van der Waals surface area contributed by atoms with E-state index in [9.17, 15) is 4.79 Å². The average molecular weight is 251 g/mol. The Labute approximate surface area is 110 Å². The molecule has 1 saturated heterocycles. The first-order chi connectivity index (χ1) is 8.67. The molecule has 0 spiro atoms. The molecule has 0 aromatic heterocycles. The predicted octanol–water partition coefficient (Wildman–Crippen LogP) is 0.871. The Morgan fingerprint density at radius 3 is 2.56 bits per heavy atom. The highest BCUT2D eigenvalue weighted by molar-refractivity contribution is 5.78. The molecule has 0 aromatic carbocycles. The van der Waals surface area contributed by atoms with Crippen molar-refractivity contribution < 1.29 is 4.79 Å². The molecule has 0 bridgehead atoms. The topological polar surface area (TPSA) is 35.6 Å². The van der Waals surface area contributed by atoms with E-state index in [1.54, 1.807) is 17.1 Å². The van der Waals surface area contributed by atoms with Gasteiger partial charge in [0.05, 0.1) is 6.54 Å². The first kappa shape index (κ1) is 14.9. The summed E-state index contributed by atoms with van der Waals surface area (Å²) in [4.78, 5) is 15.9. The highest BCUT2D eigenvalue weighted by atomic mass is 16.2. The fourth-order valence-corrected chi connectivity index (χ4v) is 2.27. The van der Waals surface area contributed by atoms with Crippen molar-refractivity contribution in [3.8, 4) is 0 Å². The van der Waals surface area contributed by atoms with Gasteiger partial charge in [-0.2, -0.15) is 0 Å². The van der Waals surface area contributed by atoms with E-state index < -0.39 is 0 Å². The van der Waals surface area contributed by atoms with Gasteiger partial charge in [-0.05, 0) is 26.4 Å². The van der Waals surface area contributed by atoms with E-state index in [4.69, 9.17) is 0 Å².